The van der Waals surface area contributed by atoms with Gasteiger partial charge in [-0.3, -0.25) is 4.79 Å². The minimum atomic E-state index is -0.987. The van der Waals surface area contributed by atoms with E-state index in [9.17, 15) is 14.7 Å². The lowest BCUT2D eigenvalue weighted by Gasteiger charge is -2.30. The first-order chi connectivity index (χ1) is 15.0. The molecule has 0 amide bonds. The second-order valence-corrected chi connectivity index (χ2v) is 7.42. The van der Waals surface area contributed by atoms with Crippen LogP contribution >= 0.6 is 0 Å². The van der Waals surface area contributed by atoms with E-state index >= 15 is 0 Å². The molecular formula is C24H18N4O3. The fourth-order valence-electron chi connectivity index (χ4n) is 3.70. The van der Waals surface area contributed by atoms with Crippen LogP contribution in [0, 0.1) is 6.92 Å². The lowest BCUT2D eigenvalue weighted by molar-refractivity contribution is 0.0697. The van der Waals surface area contributed by atoms with Crippen LogP contribution in [0.25, 0.3) is 22.6 Å². The fraction of sp³-hybridized carbons (Fsp3) is 0.0833. The predicted molar refractivity (Wildman–Crippen MR) is 117 cm³/mol. The number of rotatable bonds is 3. The van der Waals surface area contributed by atoms with Crippen molar-refractivity contribution >= 4 is 11.7 Å². The van der Waals surface area contributed by atoms with Crippen molar-refractivity contribution in [2.75, 3.05) is 5.32 Å². The third kappa shape index (κ3) is 3.26. The first-order valence-corrected chi connectivity index (χ1v) is 9.78. The van der Waals surface area contributed by atoms with Crippen LogP contribution in [0.1, 0.15) is 27.7 Å². The van der Waals surface area contributed by atoms with Gasteiger partial charge >= 0.3 is 5.97 Å². The van der Waals surface area contributed by atoms with E-state index in [1.807, 2.05) is 55.5 Å². The summed E-state index contributed by atoms with van der Waals surface area (Å²) < 4.78 is 1.69. The summed E-state index contributed by atoms with van der Waals surface area (Å²) in [6.45, 7) is 1.98. The van der Waals surface area contributed by atoms with Gasteiger partial charge in [-0.15, -0.1) is 0 Å². The van der Waals surface area contributed by atoms with Crippen molar-refractivity contribution < 1.29 is 9.90 Å². The number of nitrogens with zero attached hydrogens (tertiary/aromatic N) is 3. The predicted octanol–water partition coefficient (Wildman–Crippen LogP) is 3.95. The molecule has 0 fully saturated rings. The largest absolute Gasteiger partial charge is 0.478 e. The van der Waals surface area contributed by atoms with Crippen molar-refractivity contribution in [3.63, 3.8) is 0 Å². The second-order valence-electron chi connectivity index (χ2n) is 7.42. The molecule has 2 heterocycles. The minimum Gasteiger partial charge on any atom is -0.478 e. The molecule has 0 unspecified atom stereocenters. The molecule has 2 N–H and O–H groups in total. The number of carboxylic acid groups (broad SMARTS) is 1. The molecule has 1 aliphatic rings. The highest BCUT2D eigenvalue weighted by molar-refractivity contribution is 5.87. The Kier molecular flexibility index (Phi) is 4.36. The van der Waals surface area contributed by atoms with Gasteiger partial charge < -0.3 is 10.4 Å². The number of anilines is 1. The summed E-state index contributed by atoms with van der Waals surface area (Å²) >= 11 is 0. The second kappa shape index (κ2) is 7.21. The number of nitrogens with one attached hydrogen (secondary N) is 1. The van der Waals surface area contributed by atoms with Crippen LogP contribution in [0.15, 0.2) is 77.6 Å². The highest BCUT2D eigenvalue weighted by atomic mass is 16.4. The van der Waals surface area contributed by atoms with Crippen molar-refractivity contribution in [2.45, 2.75) is 13.1 Å². The number of para-hydroxylation sites is 1. The monoisotopic (exact) mass is 410 g/mol. The first kappa shape index (κ1) is 18.7. The Labute approximate surface area is 177 Å². The zero-order chi connectivity index (χ0) is 21.5. The molecule has 4 aromatic rings. The van der Waals surface area contributed by atoms with E-state index in [2.05, 4.69) is 15.4 Å². The zero-order valence-electron chi connectivity index (χ0n) is 16.6. The molecule has 5 rings (SSSR count). The number of carbonyl (C=O) groups is 1. The lowest BCUT2D eigenvalue weighted by Crippen LogP contribution is -2.32. The van der Waals surface area contributed by atoms with E-state index in [0.29, 0.717) is 11.4 Å². The number of benzene rings is 3. The van der Waals surface area contributed by atoms with E-state index in [0.717, 1.165) is 22.4 Å². The van der Waals surface area contributed by atoms with Gasteiger partial charge in [0.1, 0.15) is 6.17 Å². The average molecular weight is 410 g/mol. The molecule has 7 nitrogen and oxygen atoms in total. The summed E-state index contributed by atoms with van der Waals surface area (Å²) in [6, 6.07) is 21.7. The van der Waals surface area contributed by atoms with Crippen molar-refractivity contribution in [3.05, 3.63) is 99.8 Å². The van der Waals surface area contributed by atoms with Crippen molar-refractivity contribution in [3.8, 4) is 22.6 Å². The third-order valence-corrected chi connectivity index (χ3v) is 5.34. The fourth-order valence-corrected chi connectivity index (χ4v) is 3.70. The summed E-state index contributed by atoms with van der Waals surface area (Å²) in [7, 11) is 0. The maximum atomic E-state index is 12.9. The molecule has 0 bridgehead atoms. The van der Waals surface area contributed by atoms with Gasteiger partial charge in [0.05, 0.1) is 5.56 Å². The number of carboxylic acids is 1. The molecule has 152 valence electrons. The Hall–Kier alpha value is -4.26. The van der Waals surface area contributed by atoms with E-state index in [1.54, 1.807) is 28.9 Å². The van der Waals surface area contributed by atoms with Crippen LogP contribution in [-0.4, -0.2) is 25.8 Å². The molecular weight excluding hydrogens is 392 g/mol. The molecule has 0 saturated heterocycles. The molecule has 31 heavy (non-hydrogen) atoms. The van der Waals surface area contributed by atoms with E-state index in [1.165, 1.54) is 0 Å². The smallest absolute Gasteiger partial charge is 0.335 e. The Morgan fingerprint density at radius 2 is 1.71 bits per heavy atom. The molecule has 0 spiro atoms. The summed E-state index contributed by atoms with van der Waals surface area (Å²) in [5, 5.41) is 17.3. The molecule has 3 aromatic carbocycles. The summed E-state index contributed by atoms with van der Waals surface area (Å²) in [5.74, 6) is -0.526. The summed E-state index contributed by atoms with van der Waals surface area (Å²) in [4.78, 5) is 28.5. The van der Waals surface area contributed by atoms with Crippen molar-refractivity contribution in [1.82, 2.24) is 14.8 Å². The van der Waals surface area contributed by atoms with Crippen LogP contribution in [0.5, 0.6) is 0 Å². The van der Waals surface area contributed by atoms with E-state index < -0.39 is 17.7 Å². The third-order valence-electron chi connectivity index (χ3n) is 5.34. The highest BCUT2D eigenvalue weighted by Gasteiger charge is 2.28. The van der Waals surface area contributed by atoms with Gasteiger partial charge in [0.15, 0.2) is 11.5 Å². The van der Waals surface area contributed by atoms with Crippen LogP contribution in [-0.2, 0) is 0 Å². The molecule has 7 heteroatoms. The van der Waals surface area contributed by atoms with E-state index in [-0.39, 0.29) is 11.3 Å². The van der Waals surface area contributed by atoms with Crippen LogP contribution in [0.2, 0.25) is 0 Å². The van der Waals surface area contributed by atoms with Gasteiger partial charge in [0, 0.05) is 16.8 Å². The number of hydrogen-bond acceptors (Lipinski definition) is 5. The SMILES string of the molecule is Cc1ccc(-c2nn3c(nc2=O)-c2ccccc2N[C@@H]3c2ccc(C(=O)O)cc2)cc1. The molecule has 0 aliphatic carbocycles. The molecule has 1 aliphatic heterocycles. The van der Waals surface area contributed by atoms with Gasteiger partial charge in [-0.25, -0.2) is 9.48 Å². The van der Waals surface area contributed by atoms with Crippen LogP contribution in [0.3, 0.4) is 0 Å². The Bertz CT molecular complexity index is 1360. The van der Waals surface area contributed by atoms with Gasteiger partial charge in [-0.2, -0.15) is 10.1 Å². The molecule has 1 atom stereocenters. The van der Waals surface area contributed by atoms with Crippen LogP contribution in [0.4, 0.5) is 5.69 Å². The van der Waals surface area contributed by atoms with Gasteiger partial charge in [0.2, 0.25) is 0 Å². The molecule has 1 aromatic heterocycles. The first-order valence-electron chi connectivity index (χ1n) is 9.78. The average Bonchev–Trinajstić information content (AvgIpc) is 2.79. The molecule has 0 radical (unpaired) electrons. The van der Waals surface area contributed by atoms with Gasteiger partial charge in [-0.1, -0.05) is 54.1 Å². The summed E-state index contributed by atoms with van der Waals surface area (Å²) in [6.07, 6.45) is -0.454. The Morgan fingerprint density at radius 1 is 1.00 bits per heavy atom. The number of aromatic nitrogens is 3. The Morgan fingerprint density at radius 3 is 2.42 bits per heavy atom. The Balaban J connectivity index is 1.71. The number of fused-ring (bicyclic) bond motifs is 3. The summed E-state index contributed by atoms with van der Waals surface area (Å²) in [5.41, 5.74) is 4.25. The number of hydrogen-bond donors (Lipinski definition) is 2. The molecule has 0 saturated carbocycles. The van der Waals surface area contributed by atoms with Crippen molar-refractivity contribution in [1.29, 1.82) is 0 Å². The minimum absolute atomic E-state index is 0.200. The zero-order valence-corrected chi connectivity index (χ0v) is 16.6. The maximum Gasteiger partial charge on any atom is 0.335 e. The van der Waals surface area contributed by atoms with Gasteiger partial charge in [-0.05, 0) is 36.8 Å². The maximum absolute atomic E-state index is 12.9. The van der Waals surface area contributed by atoms with Crippen LogP contribution < -0.4 is 10.9 Å². The highest BCUT2D eigenvalue weighted by Crippen LogP contribution is 2.36. The van der Waals surface area contributed by atoms with Gasteiger partial charge in [0.25, 0.3) is 5.56 Å². The van der Waals surface area contributed by atoms with E-state index in [4.69, 9.17) is 0 Å². The number of aromatic carboxylic acids is 1. The standard InChI is InChI=1S/C24H18N4O3/c1-14-6-8-15(9-7-14)20-23(29)26-22-18-4-2-3-5-19(18)25-21(28(22)27-20)16-10-12-17(13-11-16)24(30)31/h2-13,21,25H,1H3,(H,30,31)/t21-/m0/s1. The lowest BCUT2D eigenvalue weighted by atomic mass is 10.0. The topological polar surface area (TPSA) is 97.1 Å². The quantitative estimate of drug-likeness (QED) is 0.531. The normalized spacial score (nSPS) is 14.3. The van der Waals surface area contributed by atoms with Crippen molar-refractivity contribution in [2.24, 2.45) is 0 Å². The number of aryl methyl sites for hydroxylation is 1.